The summed E-state index contributed by atoms with van der Waals surface area (Å²) in [6.07, 6.45) is 4.13. The molecule has 1 aromatic heterocycles. The van der Waals surface area contributed by atoms with Gasteiger partial charge in [-0.25, -0.2) is 4.68 Å². The maximum Gasteiger partial charge on any atom is 0.267 e. The molecule has 7 heteroatoms. The molecule has 30 heavy (non-hydrogen) atoms. The van der Waals surface area contributed by atoms with Gasteiger partial charge in [0.25, 0.3) is 5.56 Å². The topological polar surface area (TPSA) is 82.5 Å². The van der Waals surface area contributed by atoms with E-state index in [0.717, 1.165) is 36.1 Å². The molecule has 1 aromatic carbocycles. The summed E-state index contributed by atoms with van der Waals surface area (Å²) in [6.45, 7) is 1.86. The number of hydrogen-bond donors (Lipinski definition) is 1. The summed E-state index contributed by atoms with van der Waals surface area (Å²) in [5.41, 5.74) is 2.32. The van der Waals surface area contributed by atoms with Crippen molar-refractivity contribution in [2.24, 2.45) is 0 Å². The molecule has 3 aliphatic rings. The molecule has 0 spiro atoms. The number of nitrogens with zero attached hydrogens (tertiary/aromatic N) is 2. The molecule has 2 aliphatic heterocycles. The highest BCUT2D eigenvalue weighted by atomic mass is 16.5. The second-order valence-corrected chi connectivity index (χ2v) is 8.50. The first-order chi connectivity index (χ1) is 14.7. The normalized spacial score (nSPS) is 25.1. The SMILES string of the molecule is O=C(NC1COCC1n1nc2c(cc1=O)CCC2)C1(c2ccccc2)CCOCC1. The number of fused-ring (bicyclic) bond motifs is 1. The second kappa shape index (κ2) is 7.96. The van der Waals surface area contributed by atoms with Crippen LogP contribution in [-0.2, 0) is 32.5 Å². The van der Waals surface area contributed by atoms with Gasteiger partial charge in [0, 0.05) is 19.3 Å². The molecular weight excluding hydrogens is 382 g/mol. The molecule has 3 heterocycles. The number of aromatic nitrogens is 2. The Morgan fingerprint density at radius 3 is 2.70 bits per heavy atom. The fraction of sp³-hybridized carbons (Fsp3) is 0.522. The quantitative estimate of drug-likeness (QED) is 0.828. The molecule has 1 amide bonds. The van der Waals surface area contributed by atoms with E-state index in [-0.39, 0.29) is 23.6 Å². The van der Waals surface area contributed by atoms with Crippen molar-refractivity contribution in [3.63, 3.8) is 0 Å². The standard InChI is InChI=1S/C23H27N3O4/c27-21-13-16-5-4-8-18(16)25-26(21)20-15-30-14-19(20)24-22(28)23(9-11-29-12-10-23)17-6-2-1-3-7-17/h1-3,6-7,13,19-20H,4-5,8-12,14-15H2,(H,24,28). The van der Waals surface area contributed by atoms with Crippen LogP contribution in [0.5, 0.6) is 0 Å². The number of hydrogen-bond acceptors (Lipinski definition) is 5. The van der Waals surface area contributed by atoms with Crippen molar-refractivity contribution in [1.29, 1.82) is 0 Å². The molecule has 2 unspecified atom stereocenters. The van der Waals surface area contributed by atoms with Gasteiger partial charge in [-0.1, -0.05) is 30.3 Å². The van der Waals surface area contributed by atoms with Crippen LogP contribution in [0.2, 0.25) is 0 Å². The summed E-state index contributed by atoms with van der Waals surface area (Å²) >= 11 is 0. The largest absolute Gasteiger partial charge is 0.381 e. The number of aryl methyl sites for hydroxylation is 2. The monoisotopic (exact) mass is 409 g/mol. The van der Waals surface area contributed by atoms with E-state index in [1.165, 1.54) is 4.68 Å². The van der Waals surface area contributed by atoms with Crippen molar-refractivity contribution in [3.05, 3.63) is 63.6 Å². The maximum absolute atomic E-state index is 13.6. The summed E-state index contributed by atoms with van der Waals surface area (Å²) in [5.74, 6) is -0.0216. The van der Waals surface area contributed by atoms with Gasteiger partial charge in [-0.2, -0.15) is 5.10 Å². The van der Waals surface area contributed by atoms with Gasteiger partial charge in [-0.05, 0) is 43.2 Å². The third-order valence-corrected chi connectivity index (χ3v) is 6.77. The van der Waals surface area contributed by atoms with Crippen LogP contribution >= 0.6 is 0 Å². The minimum atomic E-state index is -0.622. The van der Waals surface area contributed by atoms with Crippen LogP contribution in [0.25, 0.3) is 0 Å². The first-order valence-electron chi connectivity index (χ1n) is 10.8. The third kappa shape index (κ3) is 3.36. The lowest BCUT2D eigenvalue weighted by Crippen LogP contribution is -2.53. The van der Waals surface area contributed by atoms with E-state index in [4.69, 9.17) is 9.47 Å². The number of benzene rings is 1. The average Bonchev–Trinajstić information content (AvgIpc) is 3.43. The number of carbonyl (C=O) groups excluding carboxylic acids is 1. The highest BCUT2D eigenvalue weighted by molar-refractivity contribution is 5.88. The number of carbonyl (C=O) groups is 1. The Labute approximate surface area is 175 Å². The Hall–Kier alpha value is -2.51. The smallest absolute Gasteiger partial charge is 0.267 e. The summed E-state index contributed by atoms with van der Waals surface area (Å²) in [7, 11) is 0. The molecule has 0 radical (unpaired) electrons. The van der Waals surface area contributed by atoms with E-state index in [2.05, 4.69) is 10.4 Å². The number of rotatable bonds is 4. The Morgan fingerprint density at radius 2 is 1.90 bits per heavy atom. The van der Waals surface area contributed by atoms with Gasteiger partial charge < -0.3 is 14.8 Å². The number of nitrogens with one attached hydrogen (secondary N) is 1. The molecule has 2 aromatic rings. The van der Waals surface area contributed by atoms with Gasteiger partial charge in [-0.3, -0.25) is 9.59 Å². The van der Waals surface area contributed by atoms with Crippen LogP contribution < -0.4 is 10.9 Å². The molecule has 1 N–H and O–H groups in total. The van der Waals surface area contributed by atoms with E-state index in [1.54, 1.807) is 6.07 Å². The molecule has 1 aliphatic carbocycles. The van der Waals surface area contributed by atoms with Crippen molar-refractivity contribution in [2.75, 3.05) is 26.4 Å². The van der Waals surface area contributed by atoms with E-state index in [1.807, 2.05) is 30.3 Å². The molecular formula is C23H27N3O4. The zero-order chi connectivity index (χ0) is 20.6. The van der Waals surface area contributed by atoms with Crippen LogP contribution in [0.3, 0.4) is 0 Å². The highest BCUT2D eigenvalue weighted by Crippen LogP contribution is 2.36. The van der Waals surface area contributed by atoms with Crippen molar-refractivity contribution in [1.82, 2.24) is 15.1 Å². The third-order valence-electron chi connectivity index (χ3n) is 6.77. The lowest BCUT2D eigenvalue weighted by molar-refractivity contribution is -0.131. The molecule has 158 valence electrons. The van der Waals surface area contributed by atoms with Crippen LogP contribution in [0.15, 0.2) is 41.2 Å². The zero-order valence-corrected chi connectivity index (χ0v) is 17.0. The molecule has 2 saturated heterocycles. The second-order valence-electron chi connectivity index (χ2n) is 8.50. The first-order valence-corrected chi connectivity index (χ1v) is 10.8. The molecule has 5 rings (SSSR count). The molecule has 2 atom stereocenters. The van der Waals surface area contributed by atoms with Crippen LogP contribution in [-0.4, -0.2) is 48.2 Å². The van der Waals surface area contributed by atoms with Gasteiger partial charge in [0.2, 0.25) is 5.91 Å². The predicted molar refractivity (Wildman–Crippen MR) is 110 cm³/mol. The Bertz CT molecular complexity index is 982. The molecule has 0 bridgehead atoms. The summed E-state index contributed by atoms with van der Waals surface area (Å²) < 4.78 is 12.8. The molecule has 0 saturated carbocycles. The Balaban J connectivity index is 1.41. The molecule has 2 fully saturated rings. The zero-order valence-electron chi connectivity index (χ0n) is 17.0. The van der Waals surface area contributed by atoms with Crippen LogP contribution in [0.4, 0.5) is 0 Å². The van der Waals surface area contributed by atoms with Crippen molar-refractivity contribution < 1.29 is 14.3 Å². The van der Waals surface area contributed by atoms with Gasteiger partial charge >= 0.3 is 0 Å². The fourth-order valence-electron chi connectivity index (χ4n) is 5.01. The van der Waals surface area contributed by atoms with E-state index < -0.39 is 5.41 Å². The fourth-order valence-corrected chi connectivity index (χ4v) is 5.01. The highest BCUT2D eigenvalue weighted by Gasteiger charge is 2.44. The summed E-state index contributed by atoms with van der Waals surface area (Å²) in [5, 5.41) is 7.85. The van der Waals surface area contributed by atoms with Crippen molar-refractivity contribution >= 4 is 5.91 Å². The van der Waals surface area contributed by atoms with Gasteiger partial charge in [-0.15, -0.1) is 0 Å². The summed E-state index contributed by atoms with van der Waals surface area (Å²) in [6, 6.07) is 11.0. The predicted octanol–water partition coefficient (Wildman–Crippen LogP) is 1.54. The summed E-state index contributed by atoms with van der Waals surface area (Å²) in [4.78, 5) is 26.3. The van der Waals surface area contributed by atoms with Gasteiger partial charge in [0.05, 0.1) is 30.4 Å². The van der Waals surface area contributed by atoms with Crippen LogP contribution in [0.1, 0.15) is 42.1 Å². The Kier molecular flexibility index (Phi) is 5.16. The molecule has 7 nitrogen and oxygen atoms in total. The van der Waals surface area contributed by atoms with Gasteiger partial charge in [0.1, 0.15) is 6.04 Å². The van der Waals surface area contributed by atoms with E-state index in [0.29, 0.717) is 39.3 Å². The number of ether oxygens (including phenoxy) is 2. The van der Waals surface area contributed by atoms with Crippen molar-refractivity contribution in [3.8, 4) is 0 Å². The Morgan fingerprint density at radius 1 is 1.10 bits per heavy atom. The average molecular weight is 409 g/mol. The lowest BCUT2D eigenvalue weighted by Gasteiger charge is -2.37. The lowest BCUT2D eigenvalue weighted by atomic mass is 9.73. The van der Waals surface area contributed by atoms with Gasteiger partial charge in [0.15, 0.2) is 0 Å². The maximum atomic E-state index is 13.6. The minimum Gasteiger partial charge on any atom is -0.381 e. The van der Waals surface area contributed by atoms with Crippen molar-refractivity contribution in [2.45, 2.75) is 49.6 Å². The minimum absolute atomic E-state index is 0.0216. The number of amides is 1. The van der Waals surface area contributed by atoms with Crippen LogP contribution in [0, 0.1) is 0 Å². The first kappa shape index (κ1) is 19.5. The van der Waals surface area contributed by atoms with E-state index >= 15 is 0 Å². The van der Waals surface area contributed by atoms with E-state index in [9.17, 15) is 9.59 Å².